The van der Waals surface area contributed by atoms with Crippen molar-refractivity contribution in [3.8, 4) is 0 Å². The fraction of sp³-hybridized carbons (Fsp3) is 0.611. The number of amides is 1. The van der Waals surface area contributed by atoms with Crippen LogP contribution in [0.3, 0.4) is 0 Å². The van der Waals surface area contributed by atoms with Crippen molar-refractivity contribution in [3.05, 3.63) is 35.6 Å². The van der Waals surface area contributed by atoms with Gasteiger partial charge in [0.15, 0.2) is 0 Å². The van der Waals surface area contributed by atoms with Crippen LogP contribution in [0.15, 0.2) is 24.3 Å². The minimum Gasteiger partial charge on any atom is -0.342 e. The summed E-state index contributed by atoms with van der Waals surface area (Å²) in [6, 6.07) is 6.65. The Morgan fingerprint density at radius 2 is 2.22 bits per heavy atom. The van der Waals surface area contributed by atoms with Crippen LogP contribution in [-0.2, 0) is 11.2 Å². The molecule has 1 aromatic rings. The molecule has 1 fully saturated rings. The SMILES string of the molecule is CCCN(CCc1cccc(F)c1)C(=O)CCC1CCNC1.Cl. The van der Waals surface area contributed by atoms with Crippen molar-refractivity contribution in [2.75, 3.05) is 26.2 Å². The zero-order chi connectivity index (χ0) is 15.8. The highest BCUT2D eigenvalue weighted by Gasteiger charge is 2.18. The highest BCUT2D eigenvalue weighted by molar-refractivity contribution is 5.85. The predicted molar refractivity (Wildman–Crippen MR) is 94.4 cm³/mol. The van der Waals surface area contributed by atoms with Crippen molar-refractivity contribution >= 4 is 18.3 Å². The Balaban J connectivity index is 0.00000264. The van der Waals surface area contributed by atoms with Gasteiger partial charge in [-0.2, -0.15) is 0 Å². The molecule has 23 heavy (non-hydrogen) atoms. The fourth-order valence-electron chi connectivity index (χ4n) is 3.03. The highest BCUT2D eigenvalue weighted by atomic mass is 35.5. The van der Waals surface area contributed by atoms with Crippen LogP contribution in [0.25, 0.3) is 0 Å². The Bertz CT molecular complexity index is 478. The Labute approximate surface area is 145 Å². The molecule has 0 aliphatic carbocycles. The first-order chi connectivity index (χ1) is 10.7. The normalized spacial score (nSPS) is 16.9. The van der Waals surface area contributed by atoms with Gasteiger partial charge in [-0.05, 0) is 62.4 Å². The lowest BCUT2D eigenvalue weighted by Crippen LogP contribution is -2.33. The van der Waals surface area contributed by atoms with Gasteiger partial charge in [0, 0.05) is 19.5 Å². The molecule has 1 heterocycles. The molecule has 1 unspecified atom stereocenters. The molecule has 2 rings (SSSR count). The molecule has 0 radical (unpaired) electrons. The molecular weight excluding hydrogens is 315 g/mol. The molecule has 5 heteroatoms. The summed E-state index contributed by atoms with van der Waals surface area (Å²) in [5.41, 5.74) is 0.953. The molecule has 0 spiro atoms. The zero-order valence-electron chi connectivity index (χ0n) is 13.9. The van der Waals surface area contributed by atoms with E-state index in [1.165, 1.54) is 12.5 Å². The third-order valence-corrected chi connectivity index (χ3v) is 4.33. The van der Waals surface area contributed by atoms with Gasteiger partial charge in [-0.3, -0.25) is 4.79 Å². The Kier molecular flexibility index (Phi) is 9.19. The van der Waals surface area contributed by atoms with E-state index in [1.807, 2.05) is 11.0 Å². The van der Waals surface area contributed by atoms with E-state index in [4.69, 9.17) is 0 Å². The summed E-state index contributed by atoms with van der Waals surface area (Å²) < 4.78 is 13.2. The molecule has 1 N–H and O–H groups in total. The second-order valence-corrected chi connectivity index (χ2v) is 6.16. The molecule has 0 saturated carbocycles. The first-order valence-electron chi connectivity index (χ1n) is 8.42. The summed E-state index contributed by atoms with van der Waals surface area (Å²) in [6.45, 7) is 5.68. The summed E-state index contributed by atoms with van der Waals surface area (Å²) in [4.78, 5) is 14.3. The standard InChI is InChI=1S/C18H27FN2O.ClH/c1-2-11-21(12-9-15-4-3-5-17(19)13-15)18(22)7-6-16-8-10-20-14-16;/h3-5,13,16,20H,2,6-12,14H2,1H3;1H. The van der Waals surface area contributed by atoms with Gasteiger partial charge in [-0.1, -0.05) is 19.1 Å². The van der Waals surface area contributed by atoms with E-state index in [0.717, 1.165) is 38.0 Å². The number of rotatable bonds is 8. The summed E-state index contributed by atoms with van der Waals surface area (Å²) in [5.74, 6) is 0.681. The minimum absolute atomic E-state index is 0. The van der Waals surface area contributed by atoms with Gasteiger partial charge in [0.25, 0.3) is 0 Å². The fourth-order valence-corrected chi connectivity index (χ4v) is 3.03. The van der Waals surface area contributed by atoms with Crippen molar-refractivity contribution in [3.63, 3.8) is 0 Å². The van der Waals surface area contributed by atoms with Crippen molar-refractivity contribution in [1.82, 2.24) is 10.2 Å². The predicted octanol–water partition coefficient (Wildman–Crippen LogP) is 3.42. The quantitative estimate of drug-likeness (QED) is 0.785. The number of nitrogens with one attached hydrogen (secondary N) is 1. The Morgan fingerprint density at radius 1 is 1.39 bits per heavy atom. The molecule has 0 aromatic heterocycles. The van der Waals surface area contributed by atoms with Crippen LogP contribution in [-0.4, -0.2) is 37.0 Å². The van der Waals surface area contributed by atoms with E-state index in [0.29, 0.717) is 25.3 Å². The van der Waals surface area contributed by atoms with E-state index in [-0.39, 0.29) is 24.1 Å². The van der Waals surface area contributed by atoms with Crippen molar-refractivity contribution < 1.29 is 9.18 Å². The minimum atomic E-state index is -0.209. The first-order valence-corrected chi connectivity index (χ1v) is 8.42. The molecule has 1 aliphatic heterocycles. The third kappa shape index (κ3) is 6.88. The Hall–Kier alpha value is -1.13. The van der Waals surface area contributed by atoms with E-state index in [2.05, 4.69) is 12.2 Å². The molecule has 1 amide bonds. The van der Waals surface area contributed by atoms with Gasteiger partial charge in [0.1, 0.15) is 5.82 Å². The van der Waals surface area contributed by atoms with Crippen LogP contribution in [0, 0.1) is 11.7 Å². The van der Waals surface area contributed by atoms with Crippen LogP contribution in [0.4, 0.5) is 4.39 Å². The maximum atomic E-state index is 13.2. The van der Waals surface area contributed by atoms with Crippen molar-refractivity contribution in [2.24, 2.45) is 5.92 Å². The molecular formula is C18H28ClFN2O. The summed E-state index contributed by atoms with van der Waals surface area (Å²) >= 11 is 0. The van der Waals surface area contributed by atoms with E-state index < -0.39 is 0 Å². The second kappa shape index (κ2) is 10.6. The molecule has 130 valence electrons. The molecule has 0 bridgehead atoms. The molecule has 3 nitrogen and oxygen atoms in total. The van der Waals surface area contributed by atoms with Gasteiger partial charge < -0.3 is 10.2 Å². The van der Waals surface area contributed by atoms with Crippen molar-refractivity contribution in [2.45, 2.75) is 39.0 Å². The second-order valence-electron chi connectivity index (χ2n) is 6.16. The number of hydrogen-bond acceptors (Lipinski definition) is 2. The lowest BCUT2D eigenvalue weighted by molar-refractivity contribution is -0.131. The summed E-state index contributed by atoms with van der Waals surface area (Å²) in [7, 11) is 0. The average Bonchev–Trinajstić information content (AvgIpc) is 3.02. The van der Waals surface area contributed by atoms with E-state index >= 15 is 0 Å². The lowest BCUT2D eigenvalue weighted by Gasteiger charge is -2.23. The summed E-state index contributed by atoms with van der Waals surface area (Å²) in [5, 5.41) is 3.34. The monoisotopic (exact) mass is 342 g/mol. The van der Waals surface area contributed by atoms with Gasteiger partial charge >= 0.3 is 0 Å². The lowest BCUT2D eigenvalue weighted by atomic mass is 10.0. The van der Waals surface area contributed by atoms with Crippen LogP contribution >= 0.6 is 12.4 Å². The van der Waals surface area contributed by atoms with Crippen molar-refractivity contribution in [1.29, 1.82) is 0 Å². The van der Waals surface area contributed by atoms with Crippen LogP contribution < -0.4 is 5.32 Å². The number of carbonyl (C=O) groups excluding carboxylic acids is 1. The van der Waals surface area contributed by atoms with E-state index in [9.17, 15) is 9.18 Å². The van der Waals surface area contributed by atoms with Gasteiger partial charge in [-0.15, -0.1) is 12.4 Å². The number of halogens is 2. The van der Waals surface area contributed by atoms with Crippen LogP contribution in [0.1, 0.15) is 38.2 Å². The topological polar surface area (TPSA) is 32.3 Å². The first kappa shape index (κ1) is 19.9. The Morgan fingerprint density at radius 3 is 2.87 bits per heavy atom. The van der Waals surface area contributed by atoms with Gasteiger partial charge in [0.05, 0.1) is 0 Å². The smallest absolute Gasteiger partial charge is 0.222 e. The van der Waals surface area contributed by atoms with Gasteiger partial charge in [-0.25, -0.2) is 4.39 Å². The molecule has 1 aromatic carbocycles. The molecule has 1 aliphatic rings. The maximum Gasteiger partial charge on any atom is 0.222 e. The molecule has 1 atom stereocenters. The number of nitrogens with zero attached hydrogens (tertiary/aromatic N) is 1. The van der Waals surface area contributed by atoms with Gasteiger partial charge in [0.2, 0.25) is 5.91 Å². The number of carbonyl (C=O) groups is 1. The number of benzene rings is 1. The number of hydrogen-bond donors (Lipinski definition) is 1. The molecule has 1 saturated heterocycles. The van der Waals surface area contributed by atoms with E-state index in [1.54, 1.807) is 12.1 Å². The third-order valence-electron chi connectivity index (χ3n) is 4.33. The van der Waals surface area contributed by atoms with Crippen LogP contribution in [0.2, 0.25) is 0 Å². The zero-order valence-corrected chi connectivity index (χ0v) is 14.7. The maximum absolute atomic E-state index is 13.2. The average molecular weight is 343 g/mol. The largest absolute Gasteiger partial charge is 0.342 e. The highest BCUT2D eigenvalue weighted by Crippen LogP contribution is 2.15. The van der Waals surface area contributed by atoms with Crippen LogP contribution in [0.5, 0.6) is 0 Å². The summed E-state index contributed by atoms with van der Waals surface area (Å²) in [6.07, 6.45) is 4.47.